The Morgan fingerprint density at radius 1 is 1.08 bits per heavy atom. The van der Waals surface area contributed by atoms with E-state index >= 15 is 0 Å². The quantitative estimate of drug-likeness (QED) is 0.280. The van der Waals surface area contributed by atoms with Gasteiger partial charge in [-0.15, -0.1) is 5.10 Å². The number of carbonyl (C=O) groups is 3. The predicted molar refractivity (Wildman–Crippen MR) is 185 cm³/mol. The largest absolute Gasteiger partial charge is 0.497 e. The van der Waals surface area contributed by atoms with E-state index in [4.69, 9.17) is 21.1 Å². The molecule has 1 spiro atoms. The van der Waals surface area contributed by atoms with E-state index < -0.39 is 44.9 Å². The van der Waals surface area contributed by atoms with Crippen LogP contribution in [0.2, 0.25) is 5.02 Å². The van der Waals surface area contributed by atoms with E-state index in [2.05, 4.69) is 20.4 Å². The highest BCUT2D eigenvalue weighted by atomic mass is 35.5. The molecule has 50 heavy (non-hydrogen) atoms. The van der Waals surface area contributed by atoms with Gasteiger partial charge < -0.3 is 24.8 Å². The van der Waals surface area contributed by atoms with E-state index in [1.54, 1.807) is 62.9 Å². The number of ether oxygens (including phenoxy) is 2. The molecule has 3 aliphatic rings. The second-order valence-electron chi connectivity index (χ2n) is 13.6. The van der Waals surface area contributed by atoms with Crippen molar-refractivity contribution in [1.82, 2.24) is 19.7 Å². The summed E-state index contributed by atoms with van der Waals surface area (Å²) in [6, 6.07) is 10.2. The van der Waals surface area contributed by atoms with Gasteiger partial charge in [-0.3, -0.25) is 4.79 Å². The van der Waals surface area contributed by atoms with Crippen LogP contribution < -0.4 is 19.9 Å². The van der Waals surface area contributed by atoms with Crippen LogP contribution in [-0.2, 0) is 24.8 Å². The molecule has 2 aliphatic heterocycles. The lowest BCUT2D eigenvalue weighted by Gasteiger charge is -2.28. The van der Waals surface area contributed by atoms with Crippen molar-refractivity contribution < 1.29 is 37.4 Å². The van der Waals surface area contributed by atoms with Gasteiger partial charge in [0, 0.05) is 24.4 Å². The fourth-order valence-corrected chi connectivity index (χ4v) is 8.22. The minimum Gasteiger partial charge on any atom is -0.497 e. The lowest BCUT2D eigenvalue weighted by atomic mass is 9.91. The van der Waals surface area contributed by atoms with Crippen LogP contribution in [0.1, 0.15) is 50.1 Å². The van der Waals surface area contributed by atoms with Gasteiger partial charge >= 0.3 is 12.2 Å². The topological polar surface area (TPSA) is 186 Å². The van der Waals surface area contributed by atoms with Gasteiger partial charge in [-0.05, 0) is 75.6 Å². The van der Waals surface area contributed by atoms with Crippen molar-refractivity contribution in [3.8, 4) is 5.75 Å². The molecule has 1 saturated heterocycles. The molecule has 15 nitrogen and oxygen atoms in total. The smallest absolute Gasteiger partial charge is 0.435 e. The summed E-state index contributed by atoms with van der Waals surface area (Å²) in [5.74, 6) is 0.704. The van der Waals surface area contributed by atoms with Gasteiger partial charge in [0.25, 0.3) is 0 Å². The molecule has 2 atom stereocenters. The Kier molecular flexibility index (Phi) is 7.75. The normalized spacial score (nSPS) is 21.0. The lowest BCUT2D eigenvalue weighted by Crippen LogP contribution is -2.41. The summed E-state index contributed by atoms with van der Waals surface area (Å²) >= 11 is 6.81. The molecule has 4 aromatic rings. The third-order valence-electron chi connectivity index (χ3n) is 9.16. The number of aryl methyl sites for hydroxylation is 1. The molecule has 2 fully saturated rings. The van der Waals surface area contributed by atoms with Crippen molar-refractivity contribution in [3.63, 3.8) is 0 Å². The Bertz CT molecular complexity index is 2220. The van der Waals surface area contributed by atoms with Crippen molar-refractivity contribution in [2.24, 2.45) is 0 Å². The van der Waals surface area contributed by atoms with Crippen molar-refractivity contribution in [3.05, 3.63) is 58.4 Å². The van der Waals surface area contributed by atoms with E-state index in [9.17, 15) is 27.9 Å². The minimum absolute atomic E-state index is 0.0241. The third-order valence-corrected chi connectivity index (χ3v) is 11.1. The number of hydrogen-bond acceptors (Lipinski definition) is 12. The summed E-state index contributed by atoms with van der Waals surface area (Å²) in [6.07, 6.45) is -1.77. The first-order chi connectivity index (χ1) is 23.5. The van der Waals surface area contributed by atoms with E-state index in [1.807, 2.05) is 6.07 Å². The number of methoxy groups -OCH3 is 1. The summed E-state index contributed by atoms with van der Waals surface area (Å²) < 4.78 is 36.3. The number of sulfone groups is 1. The molecule has 17 heteroatoms. The van der Waals surface area contributed by atoms with Gasteiger partial charge in [0.05, 0.1) is 35.2 Å². The maximum Gasteiger partial charge on any atom is 0.435 e. The Balaban J connectivity index is 1.29. The first-order valence-electron chi connectivity index (χ1n) is 15.8. The van der Waals surface area contributed by atoms with Gasteiger partial charge in [0.15, 0.2) is 27.3 Å². The number of rotatable bonds is 5. The Morgan fingerprint density at radius 2 is 1.80 bits per heavy atom. The number of aromatic nitrogens is 4. The number of benzene rings is 2. The number of anilines is 4. The monoisotopic (exact) mass is 723 g/mol. The molecule has 1 aliphatic carbocycles. The number of hydrogen-bond donors (Lipinski definition) is 2. The highest BCUT2D eigenvalue weighted by molar-refractivity contribution is 7.91. The zero-order valence-corrected chi connectivity index (χ0v) is 29.4. The number of nitrogens with one attached hydrogen (secondary N) is 1. The summed E-state index contributed by atoms with van der Waals surface area (Å²) in [5, 5.41) is 18.3. The fourth-order valence-electron chi connectivity index (χ4n) is 6.77. The van der Waals surface area contributed by atoms with Crippen LogP contribution in [0.4, 0.5) is 32.7 Å². The van der Waals surface area contributed by atoms with E-state index in [-0.39, 0.29) is 41.3 Å². The molecule has 0 radical (unpaired) electrons. The van der Waals surface area contributed by atoms with Crippen molar-refractivity contribution in [2.45, 2.75) is 51.0 Å². The van der Waals surface area contributed by atoms with E-state index in [0.717, 1.165) is 9.58 Å². The number of carbonyl (C=O) groups excluding carboxylic acids is 2. The Labute approximate surface area is 292 Å². The van der Waals surface area contributed by atoms with Gasteiger partial charge in [0.2, 0.25) is 5.91 Å². The summed E-state index contributed by atoms with van der Waals surface area (Å²) in [4.78, 5) is 51.0. The summed E-state index contributed by atoms with van der Waals surface area (Å²) in [6.45, 7) is 7.34. The number of fused-ring (bicyclic) bond motifs is 3. The molecule has 1 saturated carbocycles. The number of nitrogens with zero attached hydrogens (tertiary/aromatic N) is 6. The van der Waals surface area contributed by atoms with Crippen LogP contribution in [0.5, 0.6) is 5.75 Å². The third kappa shape index (κ3) is 5.55. The number of amides is 2. The van der Waals surface area contributed by atoms with Crippen LogP contribution in [0.15, 0.2) is 36.4 Å². The van der Waals surface area contributed by atoms with Crippen LogP contribution in [0.3, 0.4) is 0 Å². The minimum atomic E-state index is -3.14. The average Bonchev–Trinajstić information content (AvgIpc) is 3.63. The molecule has 2 N–H and O–H groups in total. The fraction of sp³-hybridized carbons (Fsp3) is 0.394. The maximum atomic E-state index is 13.8. The molecular weight excluding hydrogens is 690 g/mol. The second kappa shape index (κ2) is 11.6. The zero-order chi connectivity index (χ0) is 35.9. The van der Waals surface area contributed by atoms with E-state index in [0.29, 0.717) is 51.5 Å². The highest BCUT2D eigenvalue weighted by Gasteiger charge is 2.68. The number of imide groups is 1. The van der Waals surface area contributed by atoms with E-state index in [1.165, 1.54) is 7.11 Å². The van der Waals surface area contributed by atoms with Gasteiger partial charge in [-0.2, -0.15) is 4.68 Å². The van der Waals surface area contributed by atoms with Gasteiger partial charge in [-0.25, -0.2) is 32.9 Å². The molecule has 2 aromatic carbocycles. The Morgan fingerprint density at radius 3 is 2.46 bits per heavy atom. The van der Waals surface area contributed by atoms with Crippen LogP contribution in [-0.4, -0.2) is 88.7 Å². The molecule has 4 heterocycles. The van der Waals surface area contributed by atoms with Gasteiger partial charge in [-0.1, -0.05) is 17.7 Å². The van der Waals surface area contributed by atoms with Crippen molar-refractivity contribution >= 4 is 73.6 Å². The van der Waals surface area contributed by atoms with Crippen LogP contribution in [0, 0.1) is 6.92 Å². The summed E-state index contributed by atoms with van der Waals surface area (Å²) in [7, 11) is -1.64. The van der Waals surface area contributed by atoms with Crippen molar-refractivity contribution in [1.29, 1.82) is 0 Å². The maximum absolute atomic E-state index is 13.8. The lowest BCUT2D eigenvalue weighted by molar-refractivity contribution is -0.119. The zero-order valence-electron chi connectivity index (χ0n) is 27.9. The number of halogens is 1. The molecule has 0 bridgehead atoms. The average molecular weight is 724 g/mol. The number of carboxylic acid groups (broad SMARTS) is 1. The van der Waals surface area contributed by atoms with Crippen molar-refractivity contribution in [2.75, 3.05) is 46.8 Å². The molecule has 0 unspecified atom stereocenters. The van der Waals surface area contributed by atoms with Crippen LogP contribution >= 0.6 is 11.6 Å². The van der Waals surface area contributed by atoms with Crippen LogP contribution in [0.25, 0.3) is 10.9 Å². The van der Waals surface area contributed by atoms with Gasteiger partial charge in [0.1, 0.15) is 22.2 Å². The predicted octanol–water partition coefficient (Wildman–Crippen LogP) is 5.01. The molecule has 2 aromatic heterocycles. The molecular formula is C33H34ClN7O8S. The highest BCUT2D eigenvalue weighted by Crippen LogP contribution is 2.67. The Hall–Kier alpha value is -4.96. The second-order valence-corrected chi connectivity index (χ2v) is 16.3. The molecule has 2 amide bonds. The standard InChI is InChI=1S/C33H34ClN7O8S/c1-17-35-27(25(34)28(36-17)39-10-12-50(46,47)13-11-39)37-26-20-8-6-18(14-24(20)41(38-26)31(45)49-32(2,3)4)22-16-33(22)21-15-19(48-5)7-9-23(21)40(29(33)42)30(43)44/h6-9,14-15,22H,10-13,16H2,1-5H3,(H,43,44)(H,35,36,37,38)/t22-,33-/m0/s1. The summed E-state index contributed by atoms with van der Waals surface area (Å²) in [5.41, 5.74) is -0.0423. The first-order valence-corrected chi connectivity index (χ1v) is 18.0. The molecule has 7 rings (SSSR count). The molecule has 262 valence electrons. The first kappa shape index (κ1) is 33.5. The SMILES string of the molecule is COc1ccc2c(c1)[C@]1(C[C@H]1c1ccc3c(Nc4nc(C)nc(N5CCS(=O)(=O)CC5)c4Cl)nn(C(=O)OC(C)(C)C)c3c1)C(=O)N2C(=O)O.